The second-order valence-corrected chi connectivity index (χ2v) is 3.47. The Morgan fingerprint density at radius 2 is 2.27 bits per heavy atom. The molecule has 0 aromatic heterocycles. The van der Waals surface area contributed by atoms with Gasteiger partial charge in [0.2, 0.25) is 5.91 Å². The highest BCUT2D eigenvalue weighted by Gasteiger charge is 2.24. The lowest BCUT2D eigenvalue weighted by molar-refractivity contribution is -0.122. The van der Waals surface area contributed by atoms with Gasteiger partial charge in [0, 0.05) is 12.6 Å². The first kappa shape index (κ1) is 7.10. The summed E-state index contributed by atoms with van der Waals surface area (Å²) in [4.78, 5) is 13.4. The SMILES string of the molecule is O=C1CN2CCCC(CC2)N1. The van der Waals surface area contributed by atoms with Crippen molar-refractivity contribution in [2.45, 2.75) is 25.3 Å². The average molecular weight is 154 g/mol. The van der Waals surface area contributed by atoms with Crippen molar-refractivity contribution in [3.05, 3.63) is 0 Å². The molecule has 0 aliphatic carbocycles. The van der Waals surface area contributed by atoms with Gasteiger partial charge in [0.1, 0.15) is 0 Å². The van der Waals surface area contributed by atoms with Crippen molar-refractivity contribution in [3.8, 4) is 0 Å². The molecule has 3 nitrogen and oxygen atoms in total. The van der Waals surface area contributed by atoms with Crippen LogP contribution in [0.2, 0.25) is 0 Å². The molecule has 1 amide bonds. The average Bonchev–Trinajstić information content (AvgIpc) is 2.19. The lowest BCUT2D eigenvalue weighted by atomic mass is 10.1. The first-order valence-electron chi connectivity index (χ1n) is 4.36. The maximum Gasteiger partial charge on any atom is 0.234 e. The fourth-order valence-corrected chi connectivity index (χ4v) is 1.93. The summed E-state index contributed by atoms with van der Waals surface area (Å²) in [6, 6.07) is 0.468. The van der Waals surface area contributed by atoms with Gasteiger partial charge in [-0.1, -0.05) is 0 Å². The second-order valence-electron chi connectivity index (χ2n) is 3.47. The molecule has 2 atom stereocenters. The largest absolute Gasteiger partial charge is 0.352 e. The maximum atomic E-state index is 11.1. The van der Waals surface area contributed by atoms with Gasteiger partial charge in [-0.05, 0) is 25.8 Å². The number of carbonyl (C=O) groups excluding carboxylic acids is 1. The van der Waals surface area contributed by atoms with E-state index in [4.69, 9.17) is 0 Å². The van der Waals surface area contributed by atoms with Crippen molar-refractivity contribution in [3.63, 3.8) is 0 Å². The third kappa shape index (κ3) is 1.53. The number of amides is 1. The van der Waals surface area contributed by atoms with Gasteiger partial charge in [-0.15, -0.1) is 0 Å². The Morgan fingerprint density at radius 3 is 3.18 bits per heavy atom. The van der Waals surface area contributed by atoms with Gasteiger partial charge in [-0.25, -0.2) is 0 Å². The van der Waals surface area contributed by atoms with E-state index in [2.05, 4.69) is 10.2 Å². The van der Waals surface area contributed by atoms with Crippen LogP contribution in [0.3, 0.4) is 0 Å². The fraction of sp³-hybridized carbons (Fsp3) is 0.875. The minimum atomic E-state index is 0.215. The molecule has 2 bridgehead atoms. The summed E-state index contributed by atoms with van der Waals surface area (Å²) in [6.07, 6.45) is 3.55. The second kappa shape index (κ2) is 2.81. The van der Waals surface area contributed by atoms with Gasteiger partial charge >= 0.3 is 0 Å². The molecule has 1 N–H and O–H groups in total. The molecule has 11 heavy (non-hydrogen) atoms. The van der Waals surface area contributed by atoms with Crippen LogP contribution in [-0.2, 0) is 4.79 Å². The van der Waals surface area contributed by atoms with Crippen LogP contribution < -0.4 is 5.32 Å². The third-order valence-electron chi connectivity index (χ3n) is 2.55. The first-order valence-corrected chi connectivity index (χ1v) is 4.36. The van der Waals surface area contributed by atoms with E-state index in [0.717, 1.165) is 19.5 Å². The minimum absolute atomic E-state index is 0.215. The van der Waals surface area contributed by atoms with Crippen molar-refractivity contribution in [1.82, 2.24) is 10.2 Å². The lowest BCUT2D eigenvalue weighted by Gasteiger charge is -2.18. The predicted octanol–water partition coefficient (Wildman–Crippen LogP) is -0.0293. The lowest BCUT2D eigenvalue weighted by Crippen LogP contribution is -2.39. The summed E-state index contributed by atoms with van der Waals surface area (Å²) >= 11 is 0. The summed E-state index contributed by atoms with van der Waals surface area (Å²) in [5.41, 5.74) is 0. The first-order chi connectivity index (χ1) is 5.34. The van der Waals surface area contributed by atoms with Gasteiger partial charge in [0.25, 0.3) is 0 Å². The van der Waals surface area contributed by atoms with Crippen LogP contribution in [-0.4, -0.2) is 36.5 Å². The van der Waals surface area contributed by atoms with Gasteiger partial charge in [0.15, 0.2) is 0 Å². The number of carbonyl (C=O) groups is 1. The Kier molecular flexibility index (Phi) is 1.82. The number of nitrogens with zero attached hydrogens (tertiary/aromatic N) is 1. The number of hydrogen-bond acceptors (Lipinski definition) is 2. The molecular formula is C8H14N2O. The van der Waals surface area contributed by atoms with Gasteiger partial charge < -0.3 is 5.32 Å². The molecular weight excluding hydrogens is 140 g/mol. The molecule has 0 radical (unpaired) electrons. The molecule has 0 saturated carbocycles. The van der Waals surface area contributed by atoms with Crippen molar-refractivity contribution in [1.29, 1.82) is 0 Å². The van der Waals surface area contributed by atoms with E-state index < -0.39 is 0 Å². The van der Waals surface area contributed by atoms with E-state index in [1.54, 1.807) is 0 Å². The van der Waals surface area contributed by atoms with E-state index in [-0.39, 0.29) is 5.91 Å². The molecule has 0 spiro atoms. The molecule has 2 saturated heterocycles. The molecule has 2 fully saturated rings. The smallest absolute Gasteiger partial charge is 0.234 e. The molecule has 3 heteroatoms. The number of nitrogens with one attached hydrogen (secondary N) is 1. The standard InChI is InChI=1S/C8H14N2O/c11-8-6-10-4-1-2-7(9-8)3-5-10/h7H,1-6H2,(H,9,11). The Balaban J connectivity index is 2.10. The molecule has 0 aromatic carbocycles. The van der Waals surface area contributed by atoms with Crippen molar-refractivity contribution >= 4 is 5.91 Å². The molecule has 2 aliphatic heterocycles. The minimum Gasteiger partial charge on any atom is -0.352 e. The molecule has 2 unspecified atom stereocenters. The van der Waals surface area contributed by atoms with Crippen LogP contribution >= 0.6 is 0 Å². The van der Waals surface area contributed by atoms with Crippen LogP contribution in [0.1, 0.15) is 19.3 Å². The molecule has 62 valence electrons. The maximum absolute atomic E-state index is 11.1. The monoisotopic (exact) mass is 154 g/mol. The Hall–Kier alpha value is -0.570. The van der Waals surface area contributed by atoms with Crippen molar-refractivity contribution in [2.24, 2.45) is 0 Å². The van der Waals surface area contributed by atoms with E-state index in [0.29, 0.717) is 12.6 Å². The van der Waals surface area contributed by atoms with Crippen molar-refractivity contribution < 1.29 is 4.79 Å². The normalized spacial score (nSPS) is 37.6. The molecule has 2 aliphatic rings. The van der Waals surface area contributed by atoms with E-state index in [1.807, 2.05) is 0 Å². The van der Waals surface area contributed by atoms with Crippen LogP contribution in [0.25, 0.3) is 0 Å². The Bertz CT molecular complexity index is 153. The third-order valence-corrected chi connectivity index (χ3v) is 2.55. The van der Waals surface area contributed by atoms with Crippen LogP contribution in [0.4, 0.5) is 0 Å². The summed E-state index contributed by atoms with van der Waals surface area (Å²) in [5.74, 6) is 0.215. The Labute approximate surface area is 66.8 Å². The summed E-state index contributed by atoms with van der Waals surface area (Å²) < 4.78 is 0. The fourth-order valence-electron chi connectivity index (χ4n) is 1.93. The molecule has 2 rings (SSSR count). The van der Waals surface area contributed by atoms with Gasteiger partial charge in [-0.2, -0.15) is 0 Å². The highest BCUT2D eigenvalue weighted by molar-refractivity contribution is 5.78. The summed E-state index contributed by atoms with van der Waals surface area (Å²) in [6.45, 7) is 2.84. The van der Waals surface area contributed by atoms with Gasteiger partial charge in [-0.3, -0.25) is 9.69 Å². The van der Waals surface area contributed by atoms with E-state index in [9.17, 15) is 4.79 Å². The quantitative estimate of drug-likeness (QED) is 0.531. The number of rotatable bonds is 0. The Morgan fingerprint density at radius 1 is 1.36 bits per heavy atom. The highest BCUT2D eigenvalue weighted by Crippen LogP contribution is 2.13. The van der Waals surface area contributed by atoms with Crippen molar-refractivity contribution in [2.75, 3.05) is 19.6 Å². The highest BCUT2D eigenvalue weighted by atomic mass is 16.2. The van der Waals surface area contributed by atoms with Gasteiger partial charge in [0.05, 0.1) is 6.54 Å². The molecule has 2 heterocycles. The number of hydrogen-bond donors (Lipinski definition) is 1. The zero-order valence-corrected chi connectivity index (χ0v) is 6.68. The summed E-state index contributed by atoms with van der Waals surface area (Å²) in [5, 5.41) is 3.03. The zero-order valence-electron chi connectivity index (χ0n) is 6.68. The zero-order chi connectivity index (χ0) is 7.68. The summed E-state index contributed by atoms with van der Waals surface area (Å²) in [7, 11) is 0. The molecule has 0 aromatic rings. The topological polar surface area (TPSA) is 32.3 Å². The van der Waals surface area contributed by atoms with E-state index in [1.165, 1.54) is 12.8 Å². The van der Waals surface area contributed by atoms with Crippen LogP contribution in [0.15, 0.2) is 0 Å². The van der Waals surface area contributed by atoms with E-state index >= 15 is 0 Å². The number of fused-ring (bicyclic) bond motifs is 3. The predicted molar refractivity (Wildman–Crippen MR) is 42.2 cm³/mol. The van der Waals surface area contributed by atoms with Crippen LogP contribution in [0.5, 0.6) is 0 Å². The van der Waals surface area contributed by atoms with Crippen LogP contribution in [0, 0.1) is 0 Å².